The van der Waals surface area contributed by atoms with E-state index >= 15 is 0 Å². The molecule has 1 fully saturated rings. The third-order valence-corrected chi connectivity index (χ3v) is 9.49. The van der Waals surface area contributed by atoms with Crippen LogP contribution in [0.1, 0.15) is 46.2 Å². The molecule has 0 bridgehead atoms. The van der Waals surface area contributed by atoms with Gasteiger partial charge in [-0.25, -0.2) is 19.4 Å². The van der Waals surface area contributed by atoms with Crippen molar-refractivity contribution in [1.82, 2.24) is 25.1 Å². The Balaban J connectivity index is 1.19. The molecule has 13 heteroatoms. The van der Waals surface area contributed by atoms with Gasteiger partial charge >= 0.3 is 18.0 Å². The number of carbonyl (C=O) groups is 3. The zero-order chi connectivity index (χ0) is 31.0. The van der Waals surface area contributed by atoms with Crippen molar-refractivity contribution < 1.29 is 19.1 Å². The van der Waals surface area contributed by atoms with E-state index in [0.717, 1.165) is 25.8 Å². The quantitative estimate of drug-likeness (QED) is 0.143. The Kier molecular flexibility index (Phi) is 8.50. The number of hydrogen-bond donors (Lipinski definition) is 4. The predicted octanol–water partition coefficient (Wildman–Crippen LogP) is 5.96. The number of carbonyl (C=O) groups excluding carboxylic acids is 3. The van der Waals surface area contributed by atoms with E-state index in [0.29, 0.717) is 67.0 Å². The summed E-state index contributed by atoms with van der Waals surface area (Å²) >= 11 is 7.03. The normalized spacial score (nSPS) is 15.9. The van der Waals surface area contributed by atoms with Gasteiger partial charge in [0.2, 0.25) is 0 Å². The Labute approximate surface area is 270 Å². The van der Waals surface area contributed by atoms with Crippen molar-refractivity contribution in [2.24, 2.45) is 0 Å². The smallest absolute Gasteiger partial charge is 0.337 e. The number of aromatic nitrogens is 2. The first kappa shape index (κ1) is 29.9. The fraction of sp³-hybridized carbons (Fsp3) is 0.290. The van der Waals surface area contributed by atoms with Crippen LogP contribution in [0.5, 0.6) is 0 Å². The zero-order valence-corrected chi connectivity index (χ0v) is 27.1. The Morgan fingerprint density at radius 1 is 1.11 bits per heavy atom. The third kappa shape index (κ3) is 6.11. The fourth-order valence-electron chi connectivity index (χ4n) is 5.78. The number of para-hydroxylation sites is 1. The standard InChI is InChI=1S/C31H31Br2N7O4/c1-44-29(41)18-6-7-24-25(15-18)36-28(35-24)26(14-17-12-21(32)27(34)22(33)13-17)38-30(42)39-10-8-20(9-11-39)40-16-19-4-2-3-5-23(19)37-31(40)43/h2-7,12-13,15,20,26H,8-11,14,16,34H2,1H3,(H,35,36)(H,37,43)(H,38,42). The number of piperidine rings is 1. The second kappa shape index (κ2) is 12.5. The molecule has 5 N–H and O–H groups in total. The maximum absolute atomic E-state index is 13.6. The highest BCUT2D eigenvalue weighted by Gasteiger charge is 2.33. The summed E-state index contributed by atoms with van der Waals surface area (Å²) in [7, 11) is 1.34. The largest absolute Gasteiger partial charge is 0.465 e. The molecular weight excluding hydrogens is 694 g/mol. The first-order chi connectivity index (χ1) is 21.2. The molecule has 1 aromatic heterocycles. The van der Waals surface area contributed by atoms with E-state index in [1.165, 1.54) is 7.11 Å². The molecule has 0 aliphatic carbocycles. The van der Waals surface area contributed by atoms with Crippen molar-refractivity contribution in [3.8, 4) is 0 Å². The summed E-state index contributed by atoms with van der Waals surface area (Å²) in [6.07, 6.45) is 1.77. The number of esters is 1. The second-order valence-corrected chi connectivity index (χ2v) is 12.7. The van der Waals surface area contributed by atoms with E-state index in [1.807, 2.05) is 41.3 Å². The third-order valence-electron chi connectivity index (χ3n) is 8.18. The van der Waals surface area contributed by atoms with Crippen molar-refractivity contribution in [3.05, 3.63) is 86.1 Å². The minimum atomic E-state index is -0.513. The van der Waals surface area contributed by atoms with Gasteiger partial charge in [0.1, 0.15) is 5.82 Å². The van der Waals surface area contributed by atoms with Gasteiger partial charge in [0, 0.05) is 46.7 Å². The van der Waals surface area contributed by atoms with Crippen molar-refractivity contribution in [2.45, 2.75) is 37.9 Å². The lowest BCUT2D eigenvalue weighted by Crippen LogP contribution is -2.53. The molecule has 1 unspecified atom stereocenters. The van der Waals surface area contributed by atoms with Gasteiger partial charge in [0.15, 0.2) is 0 Å². The lowest BCUT2D eigenvalue weighted by molar-refractivity contribution is 0.0600. The Bertz CT molecular complexity index is 1730. The summed E-state index contributed by atoms with van der Waals surface area (Å²) < 4.78 is 6.34. The molecule has 228 valence electrons. The van der Waals surface area contributed by atoms with Gasteiger partial charge in [0.05, 0.1) is 35.4 Å². The number of rotatable bonds is 6. The Hall–Kier alpha value is -4.10. The van der Waals surface area contributed by atoms with E-state index in [-0.39, 0.29) is 18.1 Å². The molecule has 6 rings (SSSR count). The van der Waals surface area contributed by atoms with Gasteiger partial charge in [-0.1, -0.05) is 18.2 Å². The zero-order valence-electron chi connectivity index (χ0n) is 23.9. The topological polar surface area (TPSA) is 146 Å². The molecule has 2 aliphatic heterocycles. The number of aromatic amines is 1. The molecule has 1 saturated heterocycles. The number of ether oxygens (including phenoxy) is 1. The molecule has 1 atom stereocenters. The molecule has 0 spiro atoms. The van der Waals surface area contributed by atoms with E-state index in [1.54, 1.807) is 23.1 Å². The number of urea groups is 2. The van der Waals surface area contributed by atoms with Crippen LogP contribution in [-0.4, -0.2) is 64.0 Å². The monoisotopic (exact) mass is 723 g/mol. The number of fused-ring (bicyclic) bond motifs is 2. The van der Waals surface area contributed by atoms with Crippen LogP contribution in [0.4, 0.5) is 21.0 Å². The maximum Gasteiger partial charge on any atom is 0.337 e. The highest BCUT2D eigenvalue weighted by molar-refractivity contribution is 9.11. The van der Waals surface area contributed by atoms with E-state index in [9.17, 15) is 14.4 Å². The van der Waals surface area contributed by atoms with E-state index in [4.69, 9.17) is 15.5 Å². The van der Waals surface area contributed by atoms with Crippen LogP contribution in [0.2, 0.25) is 0 Å². The number of hydrogen-bond acceptors (Lipinski definition) is 6. The van der Waals surface area contributed by atoms with Crippen LogP contribution < -0.4 is 16.4 Å². The van der Waals surface area contributed by atoms with Crippen LogP contribution in [0.3, 0.4) is 0 Å². The molecular formula is C31H31Br2N7O4. The van der Waals surface area contributed by atoms with Gasteiger partial charge < -0.3 is 35.9 Å². The summed E-state index contributed by atoms with van der Waals surface area (Å²) in [6.45, 7) is 1.57. The first-order valence-electron chi connectivity index (χ1n) is 14.2. The summed E-state index contributed by atoms with van der Waals surface area (Å²) in [4.78, 5) is 50.3. The Morgan fingerprint density at radius 3 is 2.57 bits per heavy atom. The van der Waals surface area contributed by atoms with Crippen LogP contribution in [-0.2, 0) is 17.7 Å². The SMILES string of the molecule is COC(=O)c1ccc2nc(C(Cc3cc(Br)c(N)c(Br)c3)NC(=O)N3CCC(N4Cc5ccccc5NC4=O)CC3)[nH]c2c1. The van der Waals surface area contributed by atoms with Crippen LogP contribution >= 0.6 is 31.9 Å². The number of methoxy groups -OCH3 is 1. The fourth-order valence-corrected chi connectivity index (χ4v) is 7.07. The average Bonchev–Trinajstić information content (AvgIpc) is 3.46. The highest BCUT2D eigenvalue weighted by atomic mass is 79.9. The van der Waals surface area contributed by atoms with Crippen LogP contribution in [0, 0.1) is 0 Å². The number of benzene rings is 3. The molecule has 3 aromatic carbocycles. The highest BCUT2D eigenvalue weighted by Crippen LogP contribution is 2.32. The Morgan fingerprint density at radius 2 is 1.84 bits per heavy atom. The number of likely N-dealkylation sites (tertiary alicyclic amines) is 1. The maximum atomic E-state index is 13.6. The number of imidazole rings is 1. The molecule has 44 heavy (non-hydrogen) atoms. The molecule has 4 aromatic rings. The van der Waals surface area contributed by atoms with Gasteiger partial charge in [-0.05, 0) is 92.2 Å². The van der Waals surface area contributed by atoms with Crippen molar-refractivity contribution in [3.63, 3.8) is 0 Å². The number of nitrogen functional groups attached to an aromatic ring is 1. The number of nitrogens with one attached hydrogen (secondary N) is 3. The van der Waals surface area contributed by atoms with E-state index < -0.39 is 12.0 Å². The minimum absolute atomic E-state index is 0.0343. The van der Waals surface area contributed by atoms with Crippen molar-refractivity contribution in [1.29, 1.82) is 0 Å². The number of anilines is 2. The lowest BCUT2D eigenvalue weighted by atomic mass is 10.0. The number of amides is 4. The number of H-pyrrole nitrogens is 1. The van der Waals surface area contributed by atoms with Gasteiger partial charge in [-0.2, -0.15) is 0 Å². The summed E-state index contributed by atoms with van der Waals surface area (Å²) in [5, 5.41) is 6.16. The van der Waals surface area contributed by atoms with Gasteiger partial charge in [-0.15, -0.1) is 0 Å². The molecule has 4 amide bonds. The molecule has 2 aliphatic rings. The lowest BCUT2D eigenvalue weighted by Gasteiger charge is -2.40. The van der Waals surface area contributed by atoms with Crippen molar-refractivity contribution >= 4 is 72.3 Å². The second-order valence-electron chi connectivity index (χ2n) is 11.0. The molecule has 0 radical (unpaired) electrons. The summed E-state index contributed by atoms with van der Waals surface area (Å²) in [6, 6.07) is 16.0. The minimum Gasteiger partial charge on any atom is -0.465 e. The van der Waals surface area contributed by atoms with Crippen molar-refractivity contribution in [2.75, 3.05) is 31.2 Å². The average molecular weight is 725 g/mol. The first-order valence-corrected chi connectivity index (χ1v) is 15.8. The predicted molar refractivity (Wildman–Crippen MR) is 174 cm³/mol. The number of nitrogens with zero attached hydrogens (tertiary/aromatic N) is 3. The summed E-state index contributed by atoms with van der Waals surface area (Å²) in [5.41, 5.74) is 11.3. The summed E-state index contributed by atoms with van der Waals surface area (Å²) in [5.74, 6) is 0.108. The molecule has 0 saturated carbocycles. The van der Waals surface area contributed by atoms with Crippen LogP contribution in [0.15, 0.2) is 63.5 Å². The number of halogens is 2. The van der Waals surface area contributed by atoms with E-state index in [2.05, 4.69) is 47.5 Å². The molecule has 3 heterocycles. The molecule has 11 nitrogen and oxygen atoms in total. The number of nitrogens with two attached hydrogens (primary N) is 1. The van der Waals surface area contributed by atoms with Crippen LogP contribution in [0.25, 0.3) is 11.0 Å². The van der Waals surface area contributed by atoms with Gasteiger partial charge in [-0.3, -0.25) is 0 Å². The van der Waals surface area contributed by atoms with Gasteiger partial charge in [0.25, 0.3) is 0 Å².